The third-order valence-electron chi connectivity index (χ3n) is 8.09. The van der Waals surface area contributed by atoms with Crippen LogP contribution < -0.4 is 61.6 Å². The topological polar surface area (TPSA) is 133 Å². The van der Waals surface area contributed by atoms with E-state index < -0.39 is 0 Å². The van der Waals surface area contributed by atoms with Gasteiger partial charge in [0.1, 0.15) is 0 Å². The molecule has 0 saturated carbocycles. The van der Waals surface area contributed by atoms with Crippen LogP contribution in [0.1, 0.15) is 0 Å². The van der Waals surface area contributed by atoms with Crippen LogP contribution in [0, 0.1) is 0 Å². The second-order valence-electron chi connectivity index (χ2n) is 11.6. The number of aromatic amines is 1. The van der Waals surface area contributed by atoms with Crippen molar-refractivity contribution in [1.29, 1.82) is 0 Å². The summed E-state index contributed by atoms with van der Waals surface area (Å²) >= 11 is 1.61. The molecule has 0 unspecified atom stereocenters. The number of hydrogen-bond acceptors (Lipinski definition) is 5. The fraction of sp³-hybridized carbons (Fsp3) is 0.0217. The van der Waals surface area contributed by atoms with E-state index in [1.807, 2.05) is 170 Å². The molecule has 0 saturated heterocycles. The summed E-state index contributed by atoms with van der Waals surface area (Å²) in [6, 6.07) is 66.9. The Bertz CT molecular complexity index is 1930. The van der Waals surface area contributed by atoms with E-state index in [1.165, 1.54) is 0 Å². The minimum absolute atomic E-state index is 0. The molecule has 0 aliphatic heterocycles. The largest absolute Gasteiger partial charge is 1.00 e. The predicted molar refractivity (Wildman–Crippen MR) is 222 cm³/mol. The number of benzene rings is 6. The zero-order valence-corrected chi connectivity index (χ0v) is 37.5. The number of aliphatic hydroxyl groups excluding tert-OH is 1. The second-order valence-corrected chi connectivity index (χ2v) is 11.6. The van der Waals surface area contributed by atoms with Crippen molar-refractivity contribution in [1.82, 2.24) is 30.6 Å². The molecular formula is C46H39ClKN6O2Pt-2. The monoisotopic (exact) mass is 976 g/mol. The molecule has 3 N–H and O–H groups in total. The Morgan fingerprint density at radius 3 is 1.04 bits per heavy atom. The normalized spacial score (nSPS) is 9.49. The van der Waals surface area contributed by atoms with Crippen LogP contribution in [0.2, 0.25) is 0 Å². The van der Waals surface area contributed by atoms with Crippen molar-refractivity contribution in [2.75, 3.05) is 7.11 Å². The van der Waals surface area contributed by atoms with Crippen molar-refractivity contribution in [3.8, 4) is 67.5 Å². The number of H-pyrrole nitrogens is 1. The first kappa shape index (κ1) is 46.9. The molecule has 9 aromatic rings. The number of hydrogen-bond donors (Lipinski definition) is 2. The Hall–Kier alpha value is -4.52. The Morgan fingerprint density at radius 1 is 0.421 bits per heavy atom. The van der Waals surface area contributed by atoms with Crippen LogP contribution >= 0.6 is 9.42 Å². The third kappa shape index (κ3) is 14.1. The van der Waals surface area contributed by atoms with Crippen LogP contribution in [-0.4, -0.2) is 38.1 Å². The van der Waals surface area contributed by atoms with Gasteiger partial charge in [-0.25, -0.2) is 0 Å². The summed E-state index contributed by atoms with van der Waals surface area (Å²) in [4.78, 5) is 0. The van der Waals surface area contributed by atoms with E-state index in [0.717, 1.165) is 74.7 Å². The van der Waals surface area contributed by atoms with E-state index in [9.17, 15) is 0 Å². The van der Waals surface area contributed by atoms with Crippen molar-refractivity contribution >= 4 is 9.42 Å². The maximum absolute atomic E-state index is 7.00. The molecule has 0 radical (unpaired) electrons. The van der Waals surface area contributed by atoms with E-state index in [-0.39, 0.29) is 56.9 Å². The van der Waals surface area contributed by atoms with E-state index in [4.69, 9.17) is 5.11 Å². The molecule has 3 aromatic heterocycles. The first-order valence-corrected chi connectivity index (χ1v) is 20.1. The molecule has 0 fully saturated rings. The fourth-order valence-corrected chi connectivity index (χ4v) is 5.43. The van der Waals surface area contributed by atoms with Gasteiger partial charge in [-0.15, -0.1) is 11.4 Å². The van der Waals surface area contributed by atoms with Crippen LogP contribution in [0.3, 0.4) is 0 Å². The van der Waals surface area contributed by atoms with Crippen molar-refractivity contribution in [3.63, 3.8) is 0 Å². The van der Waals surface area contributed by atoms with Gasteiger partial charge in [0.2, 0.25) is 0 Å². The minimum atomic E-state index is 0. The van der Waals surface area contributed by atoms with Gasteiger partial charge in [-0.3, -0.25) is 5.10 Å². The van der Waals surface area contributed by atoms with Crippen LogP contribution in [0.15, 0.2) is 200 Å². The number of rotatable bonds is 6. The van der Waals surface area contributed by atoms with Gasteiger partial charge in [0.05, 0.1) is 11.4 Å². The Labute approximate surface area is 391 Å². The van der Waals surface area contributed by atoms with Crippen molar-refractivity contribution in [2.24, 2.45) is 0 Å². The molecule has 9 rings (SSSR count). The van der Waals surface area contributed by atoms with Crippen molar-refractivity contribution in [2.45, 2.75) is 0 Å². The van der Waals surface area contributed by atoms with E-state index >= 15 is 0 Å². The maximum atomic E-state index is 7.00. The summed E-state index contributed by atoms with van der Waals surface area (Å²) in [6.45, 7) is 0. The molecule has 57 heavy (non-hydrogen) atoms. The van der Waals surface area contributed by atoms with E-state index in [0.29, 0.717) is 0 Å². The van der Waals surface area contributed by atoms with Gasteiger partial charge in [0.15, 0.2) is 0 Å². The summed E-state index contributed by atoms with van der Waals surface area (Å²) < 4.78 is 0. The summed E-state index contributed by atoms with van der Waals surface area (Å²) in [7, 11) is 5.61. The molecule has 0 bridgehead atoms. The molecule has 285 valence electrons. The van der Waals surface area contributed by atoms with Crippen molar-refractivity contribution in [3.05, 3.63) is 200 Å². The van der Waals surface area contributed by atoms with Crippen LogP contribution in [0.25, 0.3) is 67.5 Å². The van der Waals surface area contributed by atoms with Gasteiger partial charge >= 0.3 is 79.6 Å². The van der Waals surface area contributed by atoms with Gasteiger partial charge in [-0.2, -0.15) is 5.10 Å². The van der Waals surface area contributed by atoms with Gasteiger partial charge in [-0.05, 0) is 33.9 Å². The number of aromatic nitrogens is 6. The zero-order valence-electron chi connectivity index (χ0n) is 31.4. The van der Waals surface area contributed by atoms with Gasteiger partial charge in [0, 0.05) is 24.1 Å². The Morgan fingerprint density at radius 2 is 0.702 bits per heavy atom. The van der Waals surface area contributed by atoms with E-state index in [2.05, 4.69) is 70.3 Å². The van der Waals surface area contributed by atoms with Gasteiger partial charge in [0.25, 0.3) is 0 Å². The average Bonchev–Trinajstić information content (AvgIpc) is 4.11. The van der Waals surface area contributed by atoms with Crippen LogP contribution in [0.4, 0.5) is 0 Å². The Kier molecular flexibility index (Phi) is 21.7. The molecule has 6 aromatic carbocycles. The standard InChI is InChI=1S/C15H12N2.2C15H11N2.CH4O.ClH.K.H2O.Pt/c3*1-3-7-12(8-4-1)14-11-15(17-16-14)13-9-5-2-6-10-13;1-2;;;;/h1-11H,(H,16,17);2*1-11H;2H,1H3;1H;;1H2;/q;2*-1;;;+1;;+1/p-2. The smallest absolute Gasteiger partial charge is 0.870 e. The number of aliphatic hydroxyl groups is 1. The summed E-state index contributed by atoms with van der Waals surface area (Å²) in [5.74, 6) is 0. The van der Waals surface area contributed by atoms with E-state index in [1.54, 1.807) is 18.8 Å². The summed E-state index contributed by atoms with van der Waals surface area (Å²) in [6.07, 6.45) is 0. The first-order chi connectivity index (χ1) is 27.3. The SMILES string of the molecule is CO.[Cl][Pt].[K+].[OH-].c1ccc(-c2cc(-c3ccccc3)[n-]n2)cc1.c1ccc(-c2cc(-c3ccccc3)[n-]n2)cc1.c1ccc(-c2cc(-c3ccccc3)[nH]n2)cc1. The molecule has 8 nitrogen and oxygen atoms in total. The molecular weight excluding hydrogens is 938 g/mol. The quantitative estimate of drug-likeness (QED) is 0.164. The molecule has 0 aliphatic carbocycles. The average molecular weight is 977 g/mol. The molecule has 0 aliphatic rings. The first-order valence-electron chi connectivity index (χ1n) is 17.3. The molecule has 3 heterocycles. The third-order valence-corrected chi connectivity index (χ3v) is 8.09. The Balaban J connectivity index is 0.000000216. The predicted octanol–water partition coefficient (Wildman–Crippen LogP) is 7.61. The summed E-state index contributed by atoms with van der Waals surface area (Å²) in [5, 5.41) is 31.3. The summed E-state index contributed by atoms with van der Waals surface area (Å²) in [5.41, 5.74) is 12.4. The van der Waals surface area contributed by atoms with Crippen LogP contribution in [0.5, 0.6) is 0 Å². The molecule has 0 spiro atoms. The zero-order chi connectivity index (χ0) is 38.5. The second kappa shape index (κ2) is 26.4. The molecule has 11 heteroatoms. The minimum Gasteiger partial charge on any atom is -0.870 e. The van der Waals surface area contributed by atoms with Gasteiger partial charge < -0.3 is 31.0 Å². The maximum Gasteiger partial charge on any atom is 1.00 e. The van der Waals surface area contributed by atoms with Gasteiger partial charge in [-0.1, -0.05) is 194 Å². The number of nitrogens with zero attached hydrogens (tertiary/aromatic N) is 5. The number of halogens is 1. The molecule has 0 atom stereocenters. The molecule has 0 amide bonds. The van der Waals surface area contributed by atoms with Crippen LogP contribution in [-0.2, 0) is 18.8 Å². The number of nitrogens with one attached hydrogen (secondary N) is 1. The fourth-order valence-electron chi connectivity index (χ4n) is 5.43. The van der Waals surface area contributed by atoms with Crippen molar-refractivity contribution < 1.29 is 80.7 Å².